The maximum Gasteiger partial charge on any atom is 0.336 e. The molecule has 0 amide bonds. The molecule has 1 aliphatic carbocycles. The first-order chi connectivity index (χ1) is 14.1. The number of carbonyl (C=O) groups is 1. The first kappa shape index (κ1) is 17.2. The summed E-state index contributed by atoms with van der Waals surface area (Å²) in [6.07, 6.45) is 3.94. The Kier molecular flexibility index (Phi) is 3.91. The fourth-order valence-corrected chi connectivity index (χ4v) is 3.81. The monoisotopic (exact) mass is 383 g/mol. The van der Waals surface area contributed by atoms with Crippen molar-refractivity contribution in [2.24, 2.45) is 7.05 Å². The van der Waals surface area contributed by atoms with Crippen LogP contribution in [0.4, 0.5) is 0 Å². The third kappa shape index (κ3) is 2.86. The molecule has 1 aliphatic rings. The molecule has 0 fully saturated rings. The molecule has 4 aromatic rings. The van der Waals surface area contributed by atoms with Gasteiger partial charge < -0.3 is 9.84 Å². The lowest BCUT2D eigenvalue weighted by atomic mass is 10.0. The number of fused-ring (bicyclic) bond motifs is 2. The van der Waals surface area contributed by atoms with Gasteiger partial charge in [-0.2, -0.15) is 5.10 Å². The van der Waals surface area contributed by atoms with Crippen molar-refractivity contribution in [2.75, 3.05) is 0 Å². The molecule has 29 heavy (non-hydrogen) atoms. The second-order valence-corrected chi connectivity index (χ2v) is 6.91. The highest BCUT2D eigenvalue weighted by Gasteiger charge is 2.25. The summed E-state index contributed by atoms with van der Waals surface area (Å²) in [7, 11) is 1.88. The largest absolute Gasteiger partial charge is 0.478 e. The van der Waals surface area contributed by atoms with Gasteiger partial charge in [-0.15, -0.1) is 0 Å². The molecule has 0 bridgehead atoms. The minimum Gasteiger partial charge on any atom is -0.478 e. The highest BCUT2D eigenvalue weighted by Crippen LogP contribution is 2.38. The molecular weight excluding hydrogens is 366 g/mol. The van der Waals surface area contributed by atoms with E-state index in [0.29, 0.717) is 12.1 Å². The van der Waals surface area contributed by atoms with E-state index in [2.05, 4.69) is 4.98 Å². The van der Waals surface area contributed by atoms with E-state index in [9.17, 15) is 9.90 Å². The van der Waals surface area contributed by atoms with Gasteiger partial charge in [0.25, 0.3) is 0 Å². The highest BCUT2D eigenvalue weighted by atomic mass is 16.5. The van der Waals surface area contributed by atoms with Crippen LogP contribution in [0.3, 0.4) is 0 Å². The minimum absolute atomic E-state index is 0.287. The van der Waals surface area contributed by atoms with Crippen LogP contribution in [0.25, 0.3) is 22.6 Å². The Balaban J connectivity index is 1.59. The topological polar surface area (TPSA) is 77.2 Å². The minimum atomic E-state index is -0.942. The number of benzene rings is 2. The molecule has 5 rings (SSSR count). The fraction of sp³-hybridized carbons (Fsp3) is 0.0870. The predicted molar refractivity (Wildman–Crippen MR) is 110 cm³/mol. The molecule has 2 aromatic carbocycles. The molecular formula is C23H17N3O3. The number of aryl methyl sites for hydroxylation is 1. The molecule has 0 saturated carbocycles. The molecule has 0 atom stereocenters. The molecule has 0 aliphatic heterocycles. The number of ether oxygens (including phenoxy) is 1. The zero-order valence-electron chi connectivity index (χ0n) is 15.7. The average Bonchev–Trinajstić information content (AvgIpc) is 3.30. The number of nitrogens with zero attached hydrogens (tertiary/aromatic N) is 3. The van der Waals surface area contributed by atoms with Crippen molar-refractivity contribution in [3.8, 4) is 11.5 Å². The zero-order chi connectivity index (χ0) is 20.0. The molecule has 0 spiro atoms. The van der Waals surface area contributed by atoms with E-state index >= 15 is 0 Å². The Morgan fingerprint density at radius 3 is 2.72 bits per heavy atom. The fourth-order valence-electron chi connectivity index (χ4n) is 3.81. The first-order valence-corrected chi connectivity index (χ1v) is 9.22. The van der Waals surface area contributed by atoms with Gasteiger partial charge in [-0.05, 0) is 41.5 Å². The molecule has 142 valence electrons. The number of carboxylic acids is 1. The number of hydrogen-bond donors (Lipinski definition) is 1. The maximum absolute atomic E-state index is 11.6. The Bertz CT molecular complexity index is 1290. The number of allylic oxidation sites excluding steroid dienone is 1. The van der Waals surface area contributed by atoms with Crippen LogP contribution < -0.4 is 4.74 Å². The van der Waals surface area contributed by atoms with E-state index in [4.69, 9.17) is 9.84 Å². The van der Waals surface area contributed by atoms with Gasteiger partial charge in [0.1, 0.15) is 11.3 Å². The number of pyridine rings is 1. The van der Waals surface area contributed by atoms with Crippen LogP contribution in [0.5, 0.6) is 11.5 Å². The lowest BCUT2D eigenvalue weighted by Gasteiger charge is -2.07. The van der Waals surface area contributed by atoms with Crippen molar-refractivity contribution in [3.63, 3.8) is 0 Å². The highest BCUT2D eigenvalue weighted by molar-refractivity contribution is 6.01. The van der Waals surface area contributed by atoms with Crippen LogP contribution in [0.2, 0.25) is 0 Å². The van der Waals surface area contributed by atoms with E-state index in [-0.39, 0.29) is 5.56 Å². The van der Waals surface area contributed by atoms with Gasteiger partial charge >= 0.3 is 5.97 Å². The summed E-state index contributed by atoms with van der Waals surface area (Å²) in [6.45, 7) is 0. The summed E-state index contributed by atoms with van der Waals surface area (Å²) in [6, 6.07) is 17.0. The Hall–Kier alpha value is -3.93. The molecule has 0 saturated heterocycles. The van der Waals surface area contributed by atoms with E-state index in [1.807, 2.05) is 61.7 Å². The summed E-state index contributed by atoms with van der Waals surface area (Å²) in [5.41, 5.74) is 4.35. The number of aromatic nitrogens is 3. The number of carboxylic acid groups (broad SMARTS) is 1. The number of hydrogen-bond acceptors (Lipinski definition) is 4. The second kappa shape index (κ2) is 6.60. The first-order valence-electron chi connectivity index (χ1n) is 9.22. The lowest BCUT2D eigenvalue weighted by Crippen LogP contribution is -2.03. The van der Waals surface area contributed by atoms with Crippen molar-refractivity contribution in [1.82, 2.24) is 14.8 Å². The Morgan fingerprint density at radius 1 is 1.10 bits per heavy atom. The number of rotatable bonds is 4. The van der Waals surface area contributed by atoms with Crippen LogP contribution in [0, 0.1) is 0 Å². The van der Waals surface area contributed by atoms with E-state index < -0.39 is 5.97 Å². The third-order valence-corrected chi connectivity index (χ3v) is 5.10. The van der Waals surface area contributed by atoms with Crippen LogP contribution in [0.1, 0.15) is 27.3 Å². The van der Waals surface area contributed by atoms with Gasteiger partial charge in [0.15, 0.2) is 5.75 Å². The van der Waals surface area contributed by atoms with Crippen LogP contribution in [0.15, 0.2) is 60.8 Å². The standard InChI is InChI=1S/C23H17N3O3/c1-26-22-17(8-5-9-20(22)29-15-6-3-2-4-7-15)21(25-26)14-12-18-16(23(27)28)10-11-24-19(18)13-14/h2-11,13H,12H2,1H3,(H,27,28). The van der Waals surface area contributed by atoms with Crippen LogP contribution >= 0.6 is 0 Å². The predicted octanol–water partition coefficient (Wildman–Crippen LogP) is 4.56. The number of para-hydroxylation sites is 2. The van der Waals surface area contributed by atoms with Gasteiger partial charge in [0.05, 0.1) is 17.0 Å². The van der Waals surface area contributed by atoms with Crippen molar-refractivity contribution in [3.05, 3.63) is 83.3 Å². The van der Waals surface area contributed by atoms with Crippen LogP contribution in [-0.2, 0) is 13.5 Å². The summed E-state index contributed by atoms with van der Waals surface area (Å²) in [5.74, 6) is 0.531. The van der Waals surface area contributed by atoms with Gasteiger partial charge in [-0.25, -0.2) is 4.79 Å². The summed E-state index contributed by atoms with van der Waals surface area (Å²) < 4.78 is 7.89. The SMILES string of the molecule is Cn1nc(C2=Cc3nccc(C(=O)O)c3C2)c2cccc(Oc3ccccc3)c21. The molecule has 0 unspecified atom stereocenters. The molecule has 6 nitrogen and oxygen atoms in total. The van der Waals surface area contributed by atoms with Gasteiger partial charge in [0.2, 0.25) is 0 Å². The van der Waals surface area contributed by atoms with Crippen molar-refractivity contribution < 1.29 is 14.6 Å². The van der Waals surface area contributed by atoms with Crippen molar-refractivity contribution in [2.45, 2.75) is 6.42 Å². The smallest absolute Gasteiger partial charge is 0.336 e. The molecule has 1 N–H and O–H groups in total. The molecule has 2 aromatic heterocycles. The lowest BCUT2D eigenvalue weighted by molar-refractivity contribution is 0.0695. The van der Waals surface area contributed by atoms with E-state index in [1.54, 1.807) is 10.7 Å². The molecule has 0 radical (unpaired) electrons. The van der Waals surface area contributed by atoms with E-state index in [0.717, 1.165) is 39.2 Å². The van der Waals surface area contributed by atoms with Crippen molar-refractivity contribution >= 4 is 28.5 Å². The Morgan fingerprint density at radius 2 is 1.93 bits per heavy atom. The average molecular weight is 383 g/mol. The van der Waals surface area contributed by atoms with Gasteiger partial charge in [0, 0.05) is 25.1 Å². The van der Waals surface area contributed by atoms with Crippen LogP contribution in [-0.4, -0.2) is 25.8 Å². The molecule has 6 heteroatoms. The Labute approximate surface area is 166 Å². The molecule has 2 heterocycles. The van der Waals surface area contributed by atoms with Crippen molar-refractivity contribution in [1.29, 1.82) is 0 Å². The quantitative estimate of drug-likeness (QED) is 0.559. The third-order valence-electron chi connectivity index (χ3n) is 5.10. The summed E-state index contributed by atoms with van der Waals surface area (Å²) in [4.78, 5) is 15.9. The maximum atomic E-state index is 11.6. The normalized spacial score (nSPS) is 12.7. The van der Waals surface area contributed by atoms with E-state index in [1.165, 1.54) is 6.20 Å². The number of aromatic carboxylic acids is 1. The second-order valence-electron chi connectivity index (χ2n) is 6.91. The van der Waals surface area contributed by atoms with Gasteiger partial charge in [-0.1, -0.05) is 30.3 Å². The summed E-state index contributed by atoms with van der Waals surface area (Å²) in [5, 5.41) is 15.2. The van der Waals surface area contributed by atoms with Gasteiger partial charge in [-0.3, -0.25) is 9.67 Å². The summed E-state index contributed by atoms with van der Waals surface area (Å²) >= 11 is 0. The zero-order valence-corrected chi connectivity index (χ0v) is 15.7.